The minimum absolute atomic E-state index is 0.0658. The second kappa shape index (κ2) is 9.43. The van der Waals surface area contributed by atoms with E-state index in [1.54, 1.807) is 30.3 Å². The molecule has 0 aromatic heterocycles. The average Bonchev–Trinajstić information content (AvgIpc) is 2.80. The van der Waals surface area contributed by atoms with E-state index in [0.717, 1.165) is 28.7 Å². The van der Waals surface area contributed by atoms with Gasteiger partial charge in [0.25, 0.3) is 0 Å². The second-order valence-electron chi connectivity index (χ2n) is 7.70. The van der Waals surface area contributed by atoms with Crippen molar-refractivity contribution >= 4 is 29.2 Å². The van der Waals surface area contributed by atoms with Crippen LogP contribution in [0.1, 0.15) is 45.2 Å². The van der Waals surface area contributed by atoms with Crippen LogP contribution in [0, 0.1) is 0 Å². The highest BCUT2D eigenvalue weighted by molar-refractivity contribution is 6.13. The molecule has 4 rings (SSSR count). The summed E-state index contributed by atoms with van der Waals surface area (Å²) in [4.78, 5) is 36.3. The van der Waals surface area contributed by atoms with Gasteiger partial charge in [-0.3, -0.25) is 14.4 Å². The number of ether oxygens (including phenoxy) is 1. The van der Waals surface area contributed by atoms with Crippen molar-refractivity contribution in [3.8, 4) is 5.75 Å². The maximum Gasteiger partial charge on any atom is 0.221 e. The van der Waals surface area contributed by atoms with E-state index in [9.17, 15) is 14.4 Å². The first-order chi connectivity index (χ1) is 15.5. The summed E-state index contributed by atoms with van der Waals surface area (Å²) in [7, 11) is 0. The monoisotopic (exact) mass is 425 g/mol. The molecular formula is C27H23NO4. The Kier molecular flexibility index (Phi) is 6.26. The second-order valence-corrected chi connectivity index (χ2v) is 7.70. The van der Waals surface area contributed by atoms with Gasteiger partial charge in [-0.1, -0.05) is 36.4 Å². The number of nitrogens with one attached hydrogen (secondary N) is 1. The molecule has 3 aromatic rings. The van der Waals surface area contributed by atoms with Crippen LogP contribution >= 0.6 is 0 Å². The van der Waals surface area contributed by atoms with Crippen LogP contribution in [0.4, 0.5) is 5.69 Å². The summed E-state index contributed by atoms with van der Waals surface area (Å²) >= 11 is 0. The normalized spacial score (nSPS) is 14.0. The van der Waals surface area contributed by atoms with Crippen molar-refractivity contribution in [1.82, 2.24) is 0 Å². The Balaban J connectivity index is 1.41. The van der Waals surface area contributed by atoms with Crippen LogP contribution in [-0.4, -0.2) is 24.1 Å². The lowest BCUT2D eigenvalue weighted by Crippen LogP contribution is -2.13. The van der Waals surface area contributed by atoms with E-state index in [2.05, 4.69) is 5.32 Å². The highest BCUT2D eigenvalue weighted by Crippen LogP contribution is 2.27. The van der Waals surface area contributed by atoms with Crippen molar-refractivity contribution in [3.05, 3.63) is 101 Å². The number of hydrogen-bond donors (Lipinski definition) is 1. The van der Waals surface area contributed by atoms with E-state index in [1.807, 2.05) is 48.5 Å². The van der Waals surface area contributed by atoms with Gasteiger partial charge >= 0.3 is 0 Å². The first-order valence-corrected chi connectivity index (χ1v) is 10.5. The van der Waals surface area contributed by atoms with E-state index in [-0.39, 0.29) is 24.1 Å². The third-order valence-electron chi connectivity index (χ3n) is 5.31. The Labute approximate surface area is 186 Å². The smallest absolute Gasteiger partial charge is 0.221 e. The highest BCUT2D eigenvalue weighted by Gasteiger charge is 2.21. The average molecular weight is 425 g/mol. The van der Waals surface area contributed by atoms with Crippen LogP contribution in [0.2, 0.25) is 0 Å². The van der Waals surface area contributed by atoms with Gasteiger partial charge in [-0.25, -0.2) is 0 Å². The number of aryl methyl sites for hydroxylation is 1. The highest BCUT2D eigenvalue weighted by atomic mass is 16.5. The maximum atomic E-state index is 12.8. The van der Waals surface area contributed by atoms with Gasteiger partial charge in [0.1, 0.15) is 5.75 Å². The summed E-state index contributed by atoms with van der Waals surface area (Å²) < 4.78 is 5.70. The Hall–Kier alpha value is -3.99. The first-order valence-electron chi connectivity index (χ1n) is 10.5. The lowest BCUT2D eigenvalue weighted by Gasteiger charge is -2.17. The molecule has 0 bridgehead atoms. The molecule has 5 nitrogen and oxygen atoms in total. The molecule has 3 aromatic carbocycles. The molecule has 1 aliphatic rings. The lowest BCUT2D eigenvalue weighted by molar-refractivity contribution is -0.114. The van der Waals surface area contributed by atoms with Crippen LogP contribution in [0.25, 0.3) is 6.08 Å². The standard InChI is InChI=1S/C27H23NO4/c1-18(29)28-23-13-11-21(12-14-23)26(30)17-32-24-7-4-5-19(16-24)15-22-10-9-20-6-2-3-8-25(20)27(22)31/h2-8,11-16H,9-10,17H2,1H3,(H,28,29)/b22-15+. The zero-order chi connectivity index (χ0) is 22.5. The van der Waals surface area contributed by atoms with E-state index in [1.165, 1.54) is 6.92 Å². The number of rotatable bonds is 6. The number of ketones is 2. The number of allylic oxidation sites excluding steroid dienone is 1. The molecule has 0 aliphatic heterocycles. The zero-order valence-corrected chi connectivity index (χ0v) is 17.8. The number of carbonyl (C=O) groups excluding carboxylic acids is 3. The fourth-order valence-corrected chi connectivity index (χ4v) is 3.72. The van der Waals surface area contributed by atoms with Gasteiger partial charge in [-0.05, 0) is 66.4 Å². The molecule has 0 spiro atoms. The molecule has 32 heavy (non-hydrogen) atoms. The number of benzene rings is 3. The first kappa shape index (κ1) is 21.2. The Bertz CT molecular complexity index is 1210. The van der Waals surface area contributed by atoms with Gasteiger partial charge in [0, 0.05) is 29.3 Å². The lowest BCUT2D eigenvalue weighted by atomic mass is 9.86. The minimum Gasteiger partial charge on any atom is -0.485 e. The predicted octanol–water partition coefficient (Wildman–Crippen LogP) is 5.12. The predicted molar refractivity (Wildman–Crippen MR) is 124 cm³/mol. The topological polar surface area (TPSA) is 72.5 Å². The van der Waals surface area contributed by atoms with Crippen LogP contribution < -0.4 is 10.1 Å². The molecule has 0 saturated heterocycles. The molecule has 0 atom stereocenters. The molecule has 0 saturated carbocycles. The van der Waals surface area contributed by atoms with Gasteiger partial charge < -0.3 is 10.1 Å². The van der Waals surface area contributed by atoms with Crippen LogP contribution in [0.5, 0.6) is 5.75 Å². The Morgan fingerprint density at radius 2 is 1.75 bits per heavy atom. The summed E-state index contributed by atoms with van der Waals surface area (Å²) in [6.07, 6.45) is 3.45. The third-order valence-corrected chi connectivity index (χ3v) is 5.31. The number of carbonyl (C=O) groups is 3. The fraction of sp³-hybridized carbons (Fsp3) is 0.148. The summed E-state index contributed by atoms with van der Waals surface area (Å²) in [5.74, 6) is 0.297. The fourth-order valence-electron chi connectivity index (χ4n) is 3.72. The van der Waals surface area contributed by atoms with E-state index in [0.29, 0.717) is 23.4 Å². The largest absolute Gasteiger partial charge is 0.485 e. The molecule has 160 valence electrons. The summed E-state index contributed by atoms with van der Waals surface area (Å²) in [5, 5.41) is 2.67. The van der Waals surface area contributed by atoms with Gasteiger partial charge in [-0.2, -0.15) is 0 Å². The quantitative estimate of drug-likeness (QED) is 0.440. The third kappa shape index (κ3) is 5.01. The van der Waals surface area contributed by atoms with Crippen LogP contribution in [-0.2, 0) is 11.2 Å². The number of amides is 1. The molecule has 1 N–H and O–H groups in total. The molecular weight excluding hydrogens is 402 g/mol. The summed E-state index contributed by atoms with van der Waals surface area (Å²) in [6.45, 7) is 1.33. The SMILES string of the molecule is CC(=O)Nc1ccc(C(=O)COc2cccc(/C=C3\CCc4ccccc4C3=O)c2)cc1. The zero-order valence-electron chi connectivity index (χ0n) is 17.8. The number of hydrogen-bond acceptors (Lipinski definition) is 4. The molecule has 1 amide bonds. The van der Waals surface area contributed by atoms with E-state index in [4.69, 9.17) is 4.74 Å². The van der Waals surface area contributed by atoms with Gasteiger partial charge in [0.2, 0.25) is 5.91 Å². The number of fused-ring (bicyclic) bond motifs is 1. The van der Waals surface area contributed by atoms with Gasteiger partial charge in [0.05, 0.1) is 0 Å². The van der Waals surface area contributed by atoms with Gasteiger partial charge in [0.15, 0.2) is 18.2 Å². The molecule has 0 fully saturated rings. The van der Waals surface area contributed by atoms with Gasteiger partial charge in [-0.15, -0.1) is 0 Å². The molecule has 1 aliphatic carbocycles. The Morgan fingerprint density at radius 1 is 0.969 bits per heavy atom. The minimum atomic E-state index is -0.165. The van der Waals surface area contributed by atoms with Crippen molar-refractivity contribution in [3.63, 3.8) is 0 Å². The molecule has 0 radical (unpaired) electrons. The van der Waals surface area contributed by atoms with Crippen molar-refractivity contribution in [1.29, 1.82) is 0 Å². The van der Waals surface area contributed by atoms with Crippen molar-refractivity contribution < 1.29 is 19.1 Å². The number of anilines is 1. The summed E-state index contributed by atoms with van der Waals surface area (Å²) in [5.41, 5.74) is 4.64. The van der Waals surface area contributed by atoms with Crippen molar-refractivity contribution in [2.24, 2.45) is 0 Å². The molecule has 5 heteroatoms. The van der Waals surface area contributed by atoms with Crippen molar-refractivity contribution in [2.45, 2.75) is 19.8 Å². The molecule has 0 unspecified atom stereocenters. The van der Waals surface area contributed by atoms with E-state index >= 15 is 0 Å². The van der Waals surface area contributed by atoms with Crippen LogP contribution in [0.15, 0.2) is 78.4 Å². The van der Waals surface area contributed by atoms with Crippen molar-refractivity contribution in [2.75, 3.05) is 11.9 Å². The Morgan fingerprint density at radius 3 is 2.53 bits per heavy atom. The van der Waals surface area contributed by atoms with Crippen LogP contribution in [0.3, 0.4) is 0 Å². The number of Topliss-reactive ketones (excluding diaryl/α,β-unsaturated/α-hetero) is 2. The van der Waals surface area contributed by atoms with E-state index < -0.39 is 0 Å². The summed E-state index contributed by atoms with van der Waals surface area (Å²) in [6, 6.07) is 21.8. The maximum absolute atomic E-state index is 12.8. The molecule has 0 heterocycles.